The van der Waals surface area contributed by atoms with Crippen molar-refractivity contribution in [1.82, 2.24) is 4.90 Å². The van der Waals surface area contributed by atoms with Gasteiger partial charge < -0.3 is 19.1 Å². The maximum absolute atomic E-state index is 13.7. The molecule has 1 saturated carbocycles. The van der Waals surface area contributed by atoms with E-state index in [1.165, 1.54) is 0 Å². The third-order valence-corrected chi connectivity index (χ3v) is 6.14. The predicted octanol–water partition coefficient (Wildman–Crippen LogP) is 3.98. The van der Waals surface area contributed by atoms with Crippen molar-refractivity contribution in [1.29, 1.82) is 0 Å². The van der Waals surface area contributed by atoms with Gasteiger partial charge in [0.25, 0.3) is 0 Å². The molecule has 8 heteroatoms. The van der Waals surface area contributed by atoms with Crippen LogP contribution >= 0.6 is 0 Å². The molecular formula is C23H33F3N2O3. The Bertz CT molecular complexity index is 725. The van der Waals surface area contributed by atoms with E-state index in [9.17, 15) is 13.2 Å². The molecule has 0 amide bonds. The molecule has 0 bridgehead atoms. The van der Waals surface area contributed by atoms with Crippen LogP contribution in [-0.2, 0) is 14.2 Å². The van der Waals surface area contributed by atoms with E-state index in [2.05, 4.69) is 16.8 Å². The summed E-state index contributed by atoms with van der Waals surface area (Å²) in [5, 5.41) is 0. The fourth-order valence-corrected chi connectivity index (χ4v) is 4.26. The number of alkyl halides is 3. The van der Waals surface area contributed by atoms with E-state index < -0.39 is 23.7 Å². The number of hydrogen-bond acceptors (Lipinski definition) is 5. The highest BCUT2D eigenvalue weighted by molar-refractivity contribution is 5.83. The molecule has 1 saturated heterocycles. The molecule has 0 aromatic rings. The van der Waals surface area contributed by atoms with Gasteiger partial charge in [0.1, 0.15) is 12.6 Å². The molecule has 0 radical (unpaired) electrons. The first-order valence-corrected chi connectivity index (χ1v) is 11.1. The summed E-state index contributed by atoms with van der Waals surface area (Å²) in [6.07, 6.45) is 0.360. The molecule has 0 aromatic carbocycles. The molecule has 0 aromatic heterocycles. The first-order valence-electron chi connectivity index (χ1n) is 11.1. The van der Waals surface area contributed by atoms with Crippen molar-refractivity contribution < 1.29 is 27.4 Å². The number of piperidine rings is 1. The standard InChI is InChI=1S/C23H33F3N2O3/c1-15(2)30-11-5-6-21-16(3)22(20(14-27-21)23(24,25)26)28-9-7-17(8-10-28)31-19-12-18(13-19)29-4/h14-19,21H,7-13H2,1-4H3. The third kappa shape index (κ3) is 6.24. The van der Waals surface area contributed by atoms with Crippen LogP contribution in [0.3, 0.4) is 0 Å². The monoisotopic (exact) mass is 442 g/mol. The zero-order chi connectivity index (χ0) is 22.6. The third-order valence-electron chi connectivity index (χ3n) is 6.14. The van der Waals surface area contributed by atoms with Gasteiger partial charge in [0.2, 0.25) is 0 Å². The number of likely N-dealkylation sites (tertiary alicyclic amines) is 1. The second kappa shape index (κ2) is 10.4. The Morgan fingerprint density at radius 2 is 1.84 bits per heavy atom. The van der Waals surface area contributed by atoms with E-state index in [0.29, 0.717) is 31.6 Å². The average molecular weight is 443 g/mol. The van der Waals surface area contributed by atoms with Crippen molar-refractivity contribution in [3.63, 3.8) is 0 Å². The fourth-order valence-electron chi connectivity index (χ4n) is 4.26. The van der Waals surface area contributed by atoms with Gasteiger partial charge in [-0.3, -0.25) is 4.99 Å². The number of aliphatic imine (C=N–C) groups is 1. The highest BCUT2D eigenvalue weighted by Crippen LogP contribution is 2.38. The topological polar surface area (TPSA) is 43.3 Å². The molecule has 5 nitrogen and oxygen atoms in total. The van der Waals surface area contributed by atoms with Crippen molar-refractivity contribution in [2.24, 2.45) is 10.9 Å². The summed E-state index contributed by atoms with van der Waals surface area (Å²) in [5.41, 5.74) is -0.356. The minimum absolute atomic E-state index is 0.0534. The van der Waals surface area contributed by atoms with E-state index >= 15 is 0 Å². The maximum atomic E-state index is 13.7. The Balaban J connectivity index is 1.64. The Morgan fingerprint density at radius 1 is 1.16 bits per heavy atom. The van der Waals surface area contributed by atoms with Crippen LogP contribution in [0.1, 0.15) is 46.5 Å². The Morgan fingerprint density at radius 3 is 2.42 bits per heavy atom. The van der Waals surface area contributed by atoms with Gasteiger partial charge in [-0.05, 0) is 39.5 Å². The summed E-state index contributed by atoms with van der Waals surface area (Å²) in [5.74, 6) is 5.45. The number of rotatable bonds is 6. The Kier molecular flexibility index (Phi) is 8.06. The Hall–Kier alpha value is -1.56. The van der Waals surface area contributed by atoms with E-state index in [0.717, 1.165) is 19.1 Å². The number of allylic oxidation sites excluding steroid dienone is 1. The van der Waals surface area contributed by atoms with Gasteiger partial charge >= 0.3 is 6.18 Å². The lowest BCUT2D eigenvalue weighted by molar-refractivity contribution is -0.125. The van der Waals surface area contributed by atoms with Crippen LogP contribution in [0.5, 0.6) is 0 Å². The number of halogens is 3. The minimum Gasteiger partial charge on any atom is -0.381 e. The number of dihydropyridines is 1. The summed E-state index contributed by atoms with van der Waals surface area (Å²) in [6, 6.07) is -0.508. The summed E-state index contributed by atoms with van der Waals surface area (Å²) in [7, 11) is 1.70. The smallest absolute Gasteiger partial charge is 0.381 e. The van der Waals surface area contributed by atoms with Crippen LogP contribution in [0.2, 0.25) is 0 Å². The molecule has 2 fully saturated rings. The first-order chi connectivity index (χ1) is 14.7. The maximum Gasteiger partial charge on any atom is 0.419 e. The molecule has 1 aliphatic carbocycles. The number of methoxy groups -OCH3 is 1. The quantitative estimate of drug-likeness (QED) is 0.584. The van der Waals surface area contributed by atoms with Gasteiger partial charge in [-0.2, -0.15) is 13.2 Å². The van der Waals surface area contributed by atoms with E-state index in [4.69, 9.17) is 14.2 Å². The average Bonchev–Trinajstić information content (AvgIpc) is 2.68. The van der Waals surface area contributed by atoms with Crippen molar-refractivity contribution in [3.8, 4) is 11.8 Å². The van der Waals surface area contributed by atoms with Crippen molar-refractivity contribution in [3.05, 3.63) is 11.3 Å². The number of ether oxygens (including phenoxy) is 3. The van der Waals surface area contributed by atoms with E-state index in [-0.39, 0.29) is 31.0 Å². The largest absolute Gasteiger partial charge is 0.419 e. The molecule has 0 N–H and O–H groups in total. The zero-order valence-corrected chi connectivity index (χ0v) is 18.7. The van der Waals surface area contributed by atoms with E-state index in [1.54, 1.807) is 14.0 Å². The first kappa shape index (κ1) is 24.1. The second-order valence-corrected chi connectivity index (χ2v) is 8.76. The lowest BCUT2D eigenvalue weighted by Crippen LogP contribution is -2.45. The van der Waals surface area contributed by atoms with Crippen molar-refractivity contribution in [2.45, 2.75) is 83.1 Å². The summed E-state index contributed by atoms with van der Waals surface area (Å²) in [6.45, 7) is 6.92. The fraction of sp³-hybridized carbons (Fsp3) is 0.783. The molecule has 174 valence electrons. The predicted molar refractivity (Wildman–Crippen MR) is 113 cm³/mol. The van der Waals surface area contributed by atoms with Gasteiger partial charge in [0.05, 0.1) is 30.0 Å². The number of nitrogens with zero attached hydrogens (tertiary/aromatic N) is 2. The molecule has 31 heavy (non-hydrogen) atoms. The van der Waals surface area contributed by atoms with Gasteiger partial charge in [-0.15, -0.1) is 0 Å². The molecule has 3 rings (SSSR count). The zero-order valence-electron chi connectivity index (χ0n) is 18.7. The molecule has 3 aliphatic rings. The van der Waals surface area contributed by atoms with Crippen LogP contribution < -0.4 is 0 Å². The van der Waals surface area contributed by atoms with Gasteiger partial charge in [0.15, 0.2) is 0 Å². The Labute approximate surface area is 183 Å². The molecule has 2 aliphatic heterocycles. The van der Waals surface area contributed by atoms with Crippen LogP contribution in [0.25, 0.3) is 0 Å². The highest BCUT2D eigenvalue weighted by atomic mass is 19.4. The van der Waals surface area contributed by atoms with Crippen LogP contribution in [0, 0.1) is 17.8 Å². The lowest BCUT2D eigenvalue weighted by Gasteiger charge is -2.42. The molecule has 2 atom stereocenters. The normalized spacial score (nSPS) is 29.7. The minimum atomic E-state index is -4.44. The number of hydrogen-bond donors (Lipinski definition) is 0. The summed E-state index contributed by atoms with van der Waals surface area (Å²) >= 11 is 0. The van der Waals surface area contributed by atoms with Crippen molar-refractivity contribution in [2.75, 3.05) is 26.8 Å². The van der Waals surface area contributed by atoms with Crippen LogP contribution in [0.4, 0.5) is 13.2 Å². The molecule has 0 spiro atoms. The SMILES string of the molecule is COC1CC(OC2CCN(C3=C(C(F)(F)F)C=NC(C#CCOC(C)C)C3C)CC2)C1. The van der Waals surface area contributed by atoms with Gasteiger partial charge in [-0.25, -0.2) is 0 Å². The van der Waals surface area contributed by atoms with E-state index in [1.807, 2.05) is 18.7 Å². The highest BCUT2D eigenvalue weighted by Gasteiger charge is 2.42. The summed E-state index contributed by atoms with van der Waals surface area (Å²) in [4.78, 5) is 5.97. The second-order valence-electron chi connectivity index (χ2n) is 8.76. The van der Waals surface area contributed by atoms with Crippen LogP contribution in [-0.4, -0.2) is 74.6 Å². The van der Waals surface area contributed by atoms with Crippen LogP contribution in [0.15, 0.2) is 16.3 Å². The van der Waals surface area contributed by atoms with Gasteiger partial charge in [0, 0.05) is 38.0 Å². The van der Waals surface area contributed by atoms with Crippen molar-refractivity contribution >= 4 is 6.21 Å². The lowest BCUT2D eigenvalue weighted by atomic mass is 9.89. The molecule has 2 heterocycles. The summed E-state index contributed by atoms with van der Waals surface area (Å²) < 4.78 is 58.0. The molecular weight excluding hydrogens is 409 g/mol. The molecule has 2 unspecified atom stereocenters. The van der Waals surface area contributed by atoms with Gasteiger partial charge in [-0.1, -0.05) is 18.8 Å².